The highest BCUT2D eigenvalue weighted by atomic mass is 16.4. The van der Waals surface area contributed by atoms with E-state index in [0.717, 1.165) is 78.0 Å². The van der Waals surface area contributed by atoms with Crippen molar-refractivity contribution >= 4 is 71.9 Å². The fraction of sp³-hybridized carbons (Fsp3) is 0. The minimum absolute atomic E-state index is 0.599. The second-order valence-electron chi connectivity index (χ2n) is 15.1. The third-order valence-corrected chi connectivity index (χ3v) is 11.6. The van der Waals surface area contributed by atoms with Crippen molar-refractivity contribution in [2.24, 2.45) is 0 Å². The summed E-state index contributed by atoms with van der Waals surface area (Å²) in [6, 6.07) is 74.7. The summed E-state index contributed by atoms with van der Waals surface area (Å²) in [5, 5.41) is 4.44. The quantitative estimate of drug-likeness (QED) is 0.162. The fourth-order valence-corrected chi connectivity index (χ4v) is 8.87. The number of aromatic nitrogens is 2. The van der Waals surface area contributed by atoms with Crippen LogP contribution in [0.5, 0.6) is 0 Å². The number of hydrogen-bond donors (Lipinski definition) is 0. The van der Waals surface area contributed by atoms with Crippen molar-refractivity contribution in [3.8, 4) is 39.4 Å². The molecule has 0 aliphatic carbocycles. The van der Waals surface area contributed by atoms with Gasteiger partial charge in [-0.2, -0.15) is 0 Å². The number of furan rings is 1. The van der Waals surface area contributed by atoms with Gasteiger partial charge in [-0.25, -0.2) is 4.98 Å². The molecule has 0 unspecified atom stereocenters. The maximum absolute atomic E-state index is 6.66. The minimum Gasteiger partial charge on any atom is -0.455 e. The molecule has 0 N–H and O–H groups in total. The van der Waals surface area contributed by atoms with Crippen LogP contribution in [0.4, 0.5) is 17.1 Å². The highest BCUT2D eigenvalue weighted by Gasteiger charge is 2.22. The molecule has 0 amide bonds. The van der Waals surface area contributed by atoms with Gasteiger partial charge in [-0.1, -0.05) is 133 Å². The molecule has 0 spiro atoms. The lowest BCUT2D eigenvalue weighted by molar-refractivity contribution is 0.617. The summed E-state index contributed by atoms with van der Waals surface area (Å²) in [5.41, 5.74) is 15.1. The first-order valence-electron chi connectivity index (χ1n) is 20.2. The number of anilines is 3. The molecule has 3 aromatic heterocycles. The first-order valence-corrected chi connectivity index (χ1v) is 20.2. The lowest BCUT2D eigenvalue weighted by atomic mass is 10.0. The Kier molecular flexibility index (Phi) is 7.78. The van der Waals surface area contributed by atoms with E-state index in [-0.39, 0.29) is 0 Å². The van der Waals surface area contributed by atoms with Crippen LogP contribution < -0.4 is 4.90 Å². The molecule has 60 heavy (non-hydrogen) atoms. The van der Waals surface area contributed by atoms with Crippen LogP contribution in [-0.4, -0.2) is 9.55 Å². The number of para-hydroxylation sites is 3. The number of rotatable bonds is 7. The van der Waals surface area contributed by atoms with Gasteiger partial charge in [0.2, 0.25) is 5.89 Å². The molecule has 5 nitrogen and oxygen atoms in total. The predicted octanol–water partition coefficient (Wildman–Crippen LogP) is 15.3. The molecular formula is C55H35N3O2. The largest absolute Gasteiger partial charge is 0.455 e. The van der Waals surface area contributed by atoms with Gasteiger partial charge < -0.3 is 18.3 Å². The zero-order chi connectivity index (χ0) is 39.6. The van der Waals surface area contributed by atoms with Crippen LogP contribution >= 0.6 is 0 Å². The third-order valence-electron chi connectivity index (χ3n) is 11.6. The third kappa shape index (κ3) is 5.52. The van der Waals surface area contributed by atoms with E-state index in [9.17, 15) is 0 Å². The first kappa shape index (κ1) is 33.9. The summed E-state index contributed by atoms with van der Waals surface area (Å²) in [4.78, 5) is 7.23. The SMILES string of the molecule is c1ccc(-c2cccc(N(c3ccc(-c4cccc5c4oc4cc6oc(-c7ccccc7)nc6cc45)cc3)c3cccc4c3c3ccccc3n4-c3ccccc3)c2)cc1. The summed E-state index contributed by atoms with van der Waals surface area (Å²) in [6.45, 7) is 0. The number of benzene rings is 9. The predicted molar refractivity (Wildman–Crippen MR) is 247 cm³/mol. The van der Waals surface area contributed by atoms with Crippen LogP contribution in [0.3, 0.4) is 0 Å². The van der Waals surface area contributed by atoms with Crippen LogP contribution in [0.15, 0.2) is 221 Å². The van der Waals surface area contributed by atoms with Gasteiger partial charge in [-0.05, 0) is 89.5 Å². The molecule has 0 aliphatic heterocycles. The van der Waals surface area contributed by atoms with Gasteiger partial charge >= 0.3 is 0 Å². The molecule has 9 aromatic carbocycles. The van der Waals surface area contributed by atoms with Crippen molar-refractivity contribution in [3.05, 3.63) is 212 Å². The van der Waals surface area contributed by atoms with Crippen LogP contribution in [0.25, 0.3) is 94.2 Å². The number of hydrogen-bond acceptors (Lipinski definition) is 4. The molecule has 0 atom stereocenters. The molecule has 0 bridgehead atoms. The lowest BCUT2D eigenvalue weighted by Gasteiger charge is -2.27. The van der Waals surface area contributed by atoms with Crippen molar-refractivity contribution in [1.29, 1.82) is 0 Å². The average molecular weight is 770 g/mol. The molecular weight excluding hydrogens is 735 g/mol. The van der Waals surface area contributed by atoms with E-state index < -0.39 is 0 Å². The van der Waals surface area contributed by atoms with Gasteiger partial charge in [0.15, 0.2) is 5.58 Å². The molecule has 0 saturated heterocycles. The fourth-order valence-electron chi connectivity index (χ4n) is 8.87. The molecule has 12 aromatic rings. The zero-order valence-electron chi connectivity index (χ0n) is 32.4. The van der Waals surface area contributed by atoms with Crippen LogP contribution in [0, 0.1) is 0 Å². The van der Waals surface area contributed by atoms with Crippen LogP contribution in [0.2, 0.25) is 0 Å². The highest BCUT2D eigenvalue weighted by Crippen LogP contribution is 2.45. The van der Waals surface area contributed by atoms with Gasteiger partial charge in [-0.3, -0.25) is 0 Å². The van der Waals surface area contributed by atoms with Crippen LogP contribution in [-0.2, 0) is 0 Å². The number of oxazole rings is 1. The standard InChI is InChI=1S/C55H35N3O2/c1-4-15-36(16-5-1)39-19-12-22-42(33-39)57(49-27-14-28-50-53(49)45-23-10-11-26-48(45)58(50)40-20-8-3-9-21-40)41-31-29-37(30-32-41)43-24-13-25-44-46-34-47-52(35-51(46)59-54(43)44)60-55(56-47)38-17-6-2-7-18-38/h1-35H. The Hall–Kier alpha value is -8.15. The van der Waals surface area contributed by atoms with Crippen molar-refractivity contribution < 1.29 is 8.83 Å². The average Bonchev–Trinajstić information content (AvgIpc) is 4.01. The molecule has 12 rings (SSSR count). The Morgan fingerprint density at radius 1 is 0.417 bits per heavy atom. The molecule has 0 saturated carbocycles. The Labute approximate surface area is 345 Å². The van der Waals surface area contributed by atoms with E-state index in [4.69, 9.17) is 13.8 Å². The topological polar surface area (TPSA) is 47.3 Å². The van der Waals surface area contributed by atoms with E-state index in [1.807, 2.05) is 36.4 Å². The number of nitrogens with zero attached hydrogens (tertiary/aromatic N) is 3. The Morgan fingerprint density at radius 2 is 1.08 bits per heavy atom. The van der Waals surface area contributed by atoms with E-state index in [0.29, 0.717) is 11.5 Å². The van der Waals surface area contributed by atoms with Gasteiger partial charge in [-0.15, -0.1) is 0 Å². The number of fused-ring (bicyclic) bond motifs is 7. The molecule has 0 fully saturated rings. The summed E-state index contributed by atoms with van der Waals surface area (Å²) in [7, 11) is 0. The first-order chi connectivity index (χ1) is 29.7. The Balaban J connectivity index is 1.01. The van der Waals surface area contributed by atoms with E-state index in [1.165, 1.54) is 21.9 Å². The highest BCUT2D eigenvalue weighted by molar-refractivity contribution is 6.17. The Morgan fingerprint density at radius 3 is 1.90 bits per heavy atom. The van der Waals surface area contributed by atoms with Crippen molar-refractivity contribution in [2.45, 2.75) is 0 Å². The lowest BCUT2D eigenvalue weighted by Crippen LogP contribution is -2.10. The van der Waals surface area contributed by atoms with E-state index in [1.54, 1.807) is 0 Å². The summed E-state index contributed by atoms with van der Waals surface area (Å²) >= 11 is 0. The second-order valence-corrected chi connectivity index (χ2v) is 15.1. The van der Waals surface area contributed by atoms with Crippen molar-refractivity contribution in [2.75, 3.05) is 4.90 Å². The molecule has 5 heteroatoms. The molecule has 0 aliphatic rings. The minimum atomic E-state index is 0.599. The maximum Gasteiger partial charge on any atom is 0.227 e. The van der Waals surface area contributed by atoms with Crippen molar-refractivity contribution in [1.82, 2.24) is 9.55 Å². The monoisotopic (exact) mass is 769 g/mol. The van der Waals surface area contributed by atoms with Gasteiger partial charge in [0.05, 0.1) is 16.7 Å². The zero-order valence-corrected chi connectivity index (χ0v) is 32.4. The molecule has 282 valence electrons. The summed E-state index contributed by atoms with van der Waals surface area (Å²) in [5.74, 6) is 0.599. The summed E-state index contributed by atoms with van der Waals surface area (Å²) in [6.07, 6.45) is 0. The van der Waals surface area contributed by atoms with Gasteiger partial charge in [0, 0.05) is 55.8 Å². The summed E-state index contributed by atoms with van der Waals surface area (Å²) < 4.78 is 15.2. The normalized spacial score (nSPS) is 11.7. The van der Waals surface area contributed by atoms with E-state index >= 15 is 0 Å². The second kappa shape index (κ2) is 13.8. The Bertz CT molecular complexity index is 3530. The van der Waals surface area contributed by atoms with Gasteiger partial charge in [0.1, 0.15) is 16.7 Å². The molecule has 3 heterocycles. The van der Waals surface area contributed by atoms with Gasteiger partial charge in [0.25, 0.3) is 0 Å². The van der Waals surface area contributed by atoms with Crippen molar-refractivity contribution in [3.63, 3.8) is 0 Å². The smallest absolute Gasteiger partial charge is 0.227 e. The van der Waals surface area contributed by atoms with E-state index in [2.05, 4.69) is 185 Å². The maximum atomic E-state index is 6.66. The molecule has 0 radical (unpaired) electrons. The van der Waals surface area contributed by atoms with Crippen LogP contribution in [0.1, 0.15) is 0 Å².